The molecular weight excluding hydrogens is 515 g/mol. The molecule has 1 atom stereocenters. The van der Waals surface area contributed by atoms with E-state index in [0.29, 0.717) is 22.3 Å². The highest BCUT2D eigenvalue weighted by Crippen LogP contribution is 2.31. The van der Waals surface area contributed by atoms with E-state index in [4.69, 9.17) is 27.9 Å². The Morgan fingerprint density at radius 3 is 2.38 bits per heavy atom. The predicted molar refractivity (Wildman–Crippen MR) is 133 cm³/mol. The smallest absolute Gasteiger partial charge is 0.261 e. The van der Waals surface area contributed by atoms with Gasteiger partial charge in [-0.2, -0.15) is 0 Å². The van der Waals surface area contributed by atoms with Crippen LogP contribution in [0.2, 0.25) is 10.0 Å². The lowest BCUT2D eigenvalue weighted by atomic mass is 9.87. The molecule has 0 aromatic heterocycles. The molecule has 2 aromatic rings. The van der Waals surface area contributed by atoms with Gasteiger partial charge in [-0.1, -0.05) is 56.1 Å². The first-order valence-corrected chi connectivity index (χ1v) is 11.9. The number of halogens is 3. The fraction of sp³-hybridized carbons (Fsp3) is 0.417. The Bertz CT molecular complexity index is 976. The number of nitrogens with one attached hydrogen (secondary N) is 1. The highest BCUT2D eigenvalue weighted by Gasteiger charge is 2.26. The minimum Gasteiger partial charge on any atom is -0.483 e. The van der Waals surface area contributed by atoms with Crippen LogP contribution in [0.1, 0.15) is 45.7 Å². The molecule has 0 aliphatic rings. The third kappa shape index (κ3) is 7.12. The average molecular weight is 544 g/mol. The Labute approximate surface area is 208 Å². The van der Waals surface area contributed by atoms with Crippen molar-refractivity contribution in [2.75, 3.05) is 13.2 Å². The van der Waals surface area contributed by atoms with E-state index in [1.54, 1.807) is 25.1 Å². The molecule has 32 heavy (non-hydrogen) atoms. The second kappa shape index (κ2) is 11.4. The molecule has 1 N–H and O–H groups in total. The van der Waals surface area contributed by atoms with Crippen LogP contribution < -0.4 is 10.1 Å². The summed E-state index contributed by atoms with van der Waals surface area (Å²) in [5.41, 5.74) is 1.91. The van der Waals surface area contributed by atoms with E-state index in [1.165, 1.54) is 4.90 Å². The van der Waals surface area contributed by atoms with E-state index in [9.17, 15) is 9.59 Å². The van der Waals surface area contributed by atoms with Crippen molar-refractivity contribution in [2.24, 2.45) is 0 Å². The molecule has 0 radical (unpaired) electrons. The number of nitrogens with zero attached hydrogens (tertiary/aromatic N) is 1. The minimum absolute atomic E-state index is 0.00437. The lowest BCUT2D eigenvalue weighted by molar-refractivity contribution is -0.142. The molecular formula is C24H29BrCl2N2O3. The SMILES string of the molecule is CCNC(=O)[C@H](C)N(Cc1ccc(Cl)c(Cl)c1)C(=O)COc1ccc(C(C)(C)C)cc1Br. The highest BCUT2D eigenvalue weighted by atomic mass is 79.9. The van der Waals surface area contributed by atoms with Crippen LogP contribution in [-0.4, -0.2) is 35.9 Å². The number of rotatable bonds is 8. The van der Waals surface area contributed by atoms with Crippen LogP contribution in [0.25, 0.3) is 0 Å². The molecule has 5 nitrogen and oxygen atoms in total. The zero-order valence-electron chi connectivity index (χ0n) is 19.0. The van der Waals surface area contributed by atoms with Crippen LogP contribution in [0.4, 0.5) is 0 Å². The molecule has 0 fully saturated rings. The molecule has 0 saturated heterocycles. The number of hydrogen-bond donors (Lipinski definition) is 1. The van der Waals surface area contributed by atoms with E-state index in [1.807, 2.05) is 25.1 Å². The molecule has 0 aliphatic carbocycles. The quantitative estimate of drug-likeness (QED) is 0.445. The Morgan fingerprint density at radius 1 is 1.12 bits per heavy atom. The number of hydrogen-bond acceptors (Lipinski definition) is 3. The van der Waals surface area contributed by atoms with Crippen molar-refractivity contribution in [2.45, 2.75) is 52.6 Å². The van der Waals surface area contributed by atoms with Gasteiger partial charge in [-0.3, -0.25) is 9.59 Å². The van der Waals surface area contributed by atoms with Gasteiger partial charge in [0.2, 0.25) is 5.91 Å². The fourth-order valence-electron chi connectivity index (χ4n) is 3.05. The molecule has 0 unspecified atom stereocenters. The summed E-state index contributed by atoms with van der Waals surface area (Å²) in [6.07, 6.45) is 0. The van der Waals surface area contributed by atoms with Gasteiger partial charge in [-0.05, 0) is 70.6 Å². The monoisotopic (exact) mass is 542 g/mol. The van der Waals surface area contributed by atoms with Gasteiger partial charge in [0.15, 0.2) is 6.61 Å². The molecule has 0 spiro atoms. The van der Waals surface area contributed by atoms with Crippen molar-refractivity contribution < 1.29 is 14.3 Å². The van der Waals surface area contributed by atoms with Crippen LogP contribution in [0, 0.1) is 0 Å². The summed E-state index contributed by atoms with van der Waals surface area (Å²) >= 11 is 15.7. The van der Waals surface area contributed by atoms with Crippen molar-refractivity contribution in [3.05, 3.63) is 62.0 Å². The molecule has 2 aromatic carbocycles. The van der Waals surface area contributed by atoms with E-state index in [2.05, 4.69) is 42.0 Å². The summed E-state index contributed by atoms with van der Waals surface area (Å²) in [6, 6.07) is 10.3. The Morgan fingerprint density at radius 2 is 1.81 bits per heavy atom. The number of carbonyl (C=O) groups is 2. The van der Waals surface area contributed by atoms with Crippen LogP contribution in [0.5, 0.6) is 5.75 Å². The summed E-state index contributed by atoms with van der Waals surface area (Å²) < 4.78 is 6.57. The van der Waals surface area contributed by atoms with Crippen molar-refractivity contribution in [1.29, 1.82) is 0 Å². The second-order valence-electron chi connectivity index (χ2n) is 8.52. The van der Waals surface area contributed by atoms with Crippen molar-refractivity contribution in [3.8, 4) is 5.75 Å². The normalized spacial score (nSPS) is 12.2. The Hall–Kier alpha value is -1.76. The van der Waals surface area contributed by atoms with Crippen molar-refractivity contribution in [3.63, 3.8) is 0 Å². The lowest BCUT2D eigenvalue weighted by Gasteiger charge is -2.29. The zero-order chi connectivity index (χ0) is 24.1. The van der Waals surface area contributed by atoms with Crippen LogP contribution in [0.3, 0.4) is 0 Å². The molecule has 0 heterocycles. The fourth-order valence-corrected chi connectivity index (χ4v) is 3.86. The maximum atomic E-state index is 13.1. The highest BCUT2D eigenvalue weighted by molar-refractivity contribution is 9.10. The standard InChI is InChI=1S/C24H29BrCl2N2O3/c1-6-28-23(31)15(2)29(13-16-7-9-19(26)20(27)11-16)22(30)14-32-21-10-8-17(12-18(21)25)24(3,4)5/h7-12,15H,6,13-14H2,1-5H3,(H,28,31)/t15-/m0/s1. The average Bonchev–Trinajstić information content (AvgIpc) is 2.72. The maximum Gasteiger partial charge on any atom is 0.261 e. The van der Waals surface area contributed by atoms with Crippen LogP contribution >= 0.6 is 39.1 Å². The summed E-state index contributed by atoms with van der Waals surface area (Å²) in [5.74, 6) is 0.00439. The Kier molecular flexibility index (Phi) is 9.43. The molecule has 0 bridgehead atoms. The van der Waals surface area contributed by atoms with E-state index < -0.39 is 6.04 Å². The first kappa shape index (κ1) is 26.5. The second-order valence-corrected chi connectivity index (χ2v) is 10.2. The van der Waals surface area contributed by atoms with Gasteiger partial charge in [-0.25, -0.2) is 0 Å². The van der Waals surface area contributed by atoms with E-state index >= 15 is 0 Å². The van der Waals surface area contributed by atoms with E-state index in [0.717, 1.165) is 15.6 Å². The van der Waals surface area contributed by atoms with Gasteiger partial charge in [0.05, 0.1) is 14.5 Å². The summed E-state index contributed by atoms with van der Waals surface area (Å²) in [4.78, 5) is 27.0. The van der Waals surface area contributed by atoms with Crippen molar-refractivity contribution >= 4 is 50.9 Å². The van der Waals surface area contributed by atoms with Gasteiger partial charge in [0, 0.05) is 13.1 Å². The topological polar surface area (TPSA) is 58.6 Å². The zero-order valence-corrected chi connectivity index (χ0v) is 22.1. The van der Waals surface area contributed by atoms with Gasteiger partial charge in [0.25, 0.3) is 5.91 Å². The van der Waals surface area contributed by atoms with Gasteiger partial charge < -0.3 is 15.0 Å². The minimum atomic E-state index is -0.688. The van der Waals surface area contributed by atoms with Gasteiger partial charge in [-0.15, -0.1) is 0 Å². The summed E-state index contributed by atoms with van der Waals surface area (Å²) in [5, 5.41) is 3.58. The van der Waals surface area contributed by atoms with Gasteiger partial charge >= 0.3 is 0 Å². The number of likely N-dealkylation sites (N-methyl/N-ethyl adjacent to an activating group) is 1. The first-order valence-electron chi connectivity index (χ1n) is 10.4. The molecule has 0 saturated carbocycles. The molecule has 2 rings (SSSR count). The first-order chi connectivity index (χ1) is 14.9. The summed E-state index contributed by atoms with van der Waals surface area (Å²) in [6.45, 7) is 10.4. The Balaban J connectivity index is 2.20. The summed E-state index contributed by atoms with van der Waals surface area (Å²) in [7, 11) is 0. The van der Waals surface area contributed by atoms with Gasteiger partial charge in [0.1, 0.15) is 11.8 Å². The maximum absolute atomic E-state index is 13.1. The largest absolute Gasteiger partial charge is 0.483 e. The third-order valence-electron chi connectivity index (χ3n) is 5.00. The lowest BCUT2D eigenvalue weighted by Crippen LogP contribution is -2.49. The van der Waals surface area contributed by atoms with Crippen molar-refractivity contribution in [1.82, 2.24) is 10.2 Å². The van der Waals surface area contributed by atoms with Crippen LogP contribution in [0.15, 0.2) is 40.9 Å². The molecule has 2 amide bonds. The number of ether oxygens (including phenoxy) is 1. The molecule has 174 valence electrons. The number of carbonyl (C=O) groups excluding carboxylic acids is 2. The number of benzene rings is 2. The molecule has 8 heteroatoms. The predicted octanol–water partition coefficient (Wildman–Crippen LogP) is 5.99. The number of amides is 2. The molecule has 0 aliphatic heterocycles. The van der Waals surface area contributed by atoms with Crippen LogP contribution in [-0.2, 0) is 21.5 Å². The third-order valence-corrected chi connectivity index (χ3v) is 6.36. The van der Waals surface area contributed by atoms with E-state index in [-0.39, 0.29) is 30.4 Å².